The molecule has 1 aliphatic rings. The summed E-state index contributed by atoms with van der Waals surface area (Å²) in [6.07, 6.45) is 1.95. The van der Waals surface area contributed by atoms with Gasteiger partial charge in [0.1, 0.15) is 0 Å². The molecule has 2 atom stereocenters. The molecule has 1 rings (SSSR count). The number of hydrogen-bond donors (Lipinski definition) is 2. The first-order chi connectivity index (χ1) is 10.0. The van der Waals surface area contributed by atoms with E-state index in [1.165, 1.54) is 0 Å². The zero-order valence-electron chi connectivity index (χ0n) is 13.9. The zero-order chi connectivity index (χ0) is 17.0. The Morgan fingerprint density at radius 1 is 1.27 bits per heavy atom. The molecule has 0 radical (unpaired) electrons. The molecular weight excluding hydrogens is 304 g/mol. The van der Waals surface area contributed by atoms with Gasteiger partial charge in [0.05, 0.1) is 17.5 Å². The van der Waals surface area contributed by atoms with Crippen molar-refractivity contribution in [2.24, 2.45) is 5.92 Å². The van der Waals surface area contributed by atoms with Crippen LogP contribution in [0.4, 0.5) is 0 Å². The Morgan fingerprint density at radius 3 is 2.36 bits per heavy atom. The average molecular weight is 332 g/mol. The van der Waals surface area contributed by atoms with Gasteiger partial charge in [-0.2, -0.15) is 0 Å². The third-order valence-electron chi connectivity index (χ3n) is 3.60. The minimum absolute atomic E-state index is 0.0815. The van der Waals surface area contributed by atoms with Crippen molar-refractivity contribution in [3.8, 4) is 0 Å². The summed E-state index contributed by atoms with van der Waals surface area (Å²) < 4.78 is 22.8. The number of Topliss-reactive ketones (excluding diaryl/α,β-unsaturated/α-hetero) is 1. The molecule has 22 heavy (non-hydrogen) atoms. The van der Waals surface area contributed by atoms with Gasteiger partial charge in [0.15, 0.2) is 9.84 Å². The topological polar surface area (TPSA) is 92.3 Å². The van der Waals surface area contributed by atoms with Crippen LogP contribution in [0.3, 0.4) is 0 Å². The van der Waals surface area contributed by atoms with Gasteiger partial charge in [0.2, 0.25) is 5.78 Å². The van der Waals surface area contributed by atoms with Gasteiger partial charge >= 0.3 is 0 Å². The lowest BCUT2D eigenvalue weighted by Gasteiger charge is -2.27. The van der Waals surface area contributed by atoms with Crippen molar-refractivity contribution in [1.29, 1.82) is 0 Å². The summed E-state index contributed by atoms with van der Waals surface area (Å²) in [6, 6.07) is -0.502. The van der Waals surface area contributed by atoms with Crippen molar-refractivity contribution in [2.75, 3.05) is 18.1 Å². The van der Waals surface area contributed by atoms with Crippen LogP contribution in [-0.4, -0.2) is 49.7 Å². The van der Waals surface area contributed by atoms with Crippen molar-refractivity contribution in [1.82, 2.24) is 10.6 Å². The highest BCUT2D eigenvalue weighted by molar-refractivity contribution is 7.91. The van der Waals surface area contributed by atoms with E-state index in [1.54, 1.807) is 0 Å². The van der Waals surface area contributed by atoms with Crippen LogP contribution < -0.4 is 10.6 Å². The zero-order valence-corrected chi connectivity index (χ0v) is 14.8. The molecule has 0 spiro atoms. The minimum atomic E-state index is -2.96. The second-order valence-electron chi connectivity index (χ2n) is 7.08. The van der Waals surface area contributed by atoms with E-state index in [0.717, 1.165) is 6.42 Å². The van der Waals surface area contributed by atoms with Crippen molar-refractivity contribution >= 4 is 21.5 Å². The van der Waals surface area contributed by atoms with Gasteiger partial charge in [0, 0.05) is 12.1 Å². The average Bonchev–Trinajstić information content (AvgIpc) is 2.72. The van der Waals surface area contributed by atoms with Crippen LogP contribution in [0.2, 0.25) is 0 Å². The van der Waals surface area contributed by atoms with Gasteiger partial charge in [-0.15, -0.1) is 0 Å². The summed E-state index contributed by atoms with van der Waals surface area (Å²) in [6.45, 7) is 8.06. The number of rotatable bonds is 7. The van der Waals surface area contributed by atoms with Crippen molar-refractivity contribution < 1.29 is 18.0 Å². The molecule has 7 heteroatoms. The molecule has 1 amide bonds. The van der Waals surface area contributed by atoms with Crippen LogP contribution >= 0.6 is 0 Å². The maximum atomic E-state index is 12.3. The SMILES string of the molecule is CCCC(NC(C)(C)C)C(=O)C(=O)NCC1CCS(=O)(=O)C1. The van der Waals surface area contributed by atoms with Crippen LogP contribution in [0.5, 0.6) is 0 Å². The Labute approximate surface area is 133 Å². The van der Waals surface area contributed by atoms with E-state index >= 15 is 0 Å². The van der Waals surface area contributed by atoms with E-state index in [2.05, 4.69) is 10.6 Å². The summed E-state index contributed by atoms with van der Waals surface area (Å²) in [5.74, 6) is -0.912. The number of carbonyl (C=O) groups is 2. The quantitative estimate of drug-likeness (QED) is 0.668. The number of nitrogens with one attached hydrogen (secondary N) is 2. The first-order valence-corrected chi connectivity index (χ1v) is 9.66. The first kappa shape index (κ1) is 19.1. The second-order valence-corrected chi connectivity index (χ2v) is 9.31. The Morgan fingerprint density at radius 2 is 1.91 bits per heavy atom. The molecule has 2 unspecified atom stereocenters. The van der Waals surface area contributed by atoms with E-state index in [4.69, 9.17) is 0 Å². The summed E-state index contributed by atoms with van der Waals surface area (Å²) in [5, 5.41) is 5.77. The molecule has 6 nitrogen and oxygen atoms in total. The second kappa shape index (κ2) is 7.55. The molecule has 0 bridgehead atoms. The van der Waals surface area contributed by atoms with Crippen molar-refractivity contribution in [3.05, 3.63) is 0 Å². The molecule has 0 aromatic carbocycles. The molecule has 1 fully saturated rings. The molecular formula is C15H28N2O4S. The fourth-order valence-corrected chi connectivity index (χ4v) is 4.46. The maximum Gasteiger partial charge on any atom is 0.289 e. The van der Waals surface area contributed by atoms with Gasteiger partial charge in [-0.1, -0.05) is 13.3 Å². The predicted octanol–water partition coefficient (Wildman–Crippen LogP) is 0.663. The lowest BCUT2D eigenvalue weighted by molar-refractivity contribution is -0.139. The van der Waals surface area contributed by atoms with Crippen LogP contribution in [0.25, 0.3) is 0 Å². The van der Waals surface area contributed by atoms with Gasteiger partial charge in [-0.3, -0.25) is 9.59 Å². The lowest BCUT2D eigenvalue weighted by atomic mass is 10.0. The van der Waals surface area contributed by atoms with Crippen LogP contribution in [0, 0.1) is 5.92 Å². The highest BCUT2D eigenvalue weighted by Crippen LogP contribution is 2.17. The third kappa shape index (κ3) is 6.44. The summed E-state index contributed by atoms with van der Waals surface area (Å²) in [7, 11) is -2.96. The first-order valence-electron chi connectivity index (χ1n) is 7.84. The van der Waals surface area contributed by atoms with E-state index in [9.17, 15) is 18.0 Å². The van der Waals surface area contributed by atoms with Crippen LogP contribution in [-0.2, 0) is 19.4 Å². The number of hydrogen-bond acceptors (Lipinski definition) is 5. The monoisotopic (exact) mass is 332 g/mol. The fourth-order valence-electron chi connectivity index (χ4n) is 2.60. The largest absolute Gasteiger partial charge is 0.349 e. The molecule has 128 valence electrons. The third-order valence-corrected chi connectivity index (χ3v) is 5.44. The molecule has 0 aliphatic carbocycles. The molecule has 1 saturated heterocycles. The van der Waals surface area contributed by atoms with Gasteiger partial charge in [-0.05, 0) is 39.5 Å². The molecule has 1 aliphatic heterocycles. The van der Waals surface area contributed by atoms with E-state index < -0.39 is 27.6 Å². The van der Waals surface area contributed by atoms with E-state index in [1.807, 2.05) is 27.7 Å². The van der Waals surface area contributed by atoms with Crippen LogP contribution in [0.15, 0.2) is 0 Å². The minimum Gasteiger partial charge on any atom is -0.349 e. The van der Waals surface area contributed by atoms with Gasteiger partial charge in [0.25, 0.3) is 5.91 Å². The number of ketones is 1. The molecule has 0 saturated carbocycles. The summed E-state index contributed by atoms with van der Waals surface area (Å²) in [4.78, 5) is 24.3. The summed E-state index contributed by atoms with van der Waals surface area (Å²) in [5.41, 5.74) is -0.255. The van der Waals surface area contributed by atoms with Gasteiger partial charge < -0.3 is 10.6 Å². The Kier molecular flexibility index (Phi) is 6.55. The Bertz CT molecular complexity index is 508. The normalized spacial score (nSPS) is 22.3. The number of amides is 1. The highest BCUT2D eigenvalue weighted by atomic mass is 32.2. The number of carbonyl (C=O) groups excluding carboxylic acids is 2. The fraction of sp³-hybridized carbons (Fsp3) is 0.867. The Hall–Kier alpha value is -0.950. The molecule has 0 aromatic rings. The maximum absolute atomic E-state index is 12.3. The predicted molar refractivity (Wildman–Crippen MR) is 86.4 cm³/mol. The lowest BCUT2D eigenvalue weighted by Crippen LogP contribution is -2.52. The molecule has 2 N–H and O–H groups in total. The van der Waals surface area contributed by atoms with E-state index in [-0.39, 0.29) is 29.5 Å². The number of sulfone groups is 1. The Balaban J connectivity index is 2.53. The molecule has 0 aromatic heterocycles. The highest BCUT2D eigenvalue weighted by Gasteiger charge is 2.31. The van der Waals surface area contributed by atoms with E-state index in [0.29, 0.717) is 12.8 Å². The molecule has 1 heterocycles. The summed E-state index contributed by atoms with van der Waals surface area (Å²) >= 11 is 0. The standard InChI is InChI=1S/C15H28N2O4S/c1-5-6-12(17-15(2,3)4)13(18)14(19)16-9-11-7-8-22(20,21)10-11/h11-12,17H,5-10H2,1-4H3,(H,16,19). The van der Waals surface area contributed by atoms with Gasteiger partial charge in [-0.25, -0.2) is 8.42 Å². The van der Waals surface area contributed by atoms with Crippen molar-refractivity contribution in [3.63, 3.8) is 0 Å². The van der Waals surface area contributed by atoms with Crippen molar-refractivity contribution in [2.45, 2.75) is 58.5 Å². The smallest absolute Gasteiger partial charge is 0.289 e. The van der Waals surface area contributed by atoms with Crippen LogP contribution in [0.1, 0.15) is 47.0 Å².